The van der Waals surface area contributed by atoms with Crippen LogP contribution in [0.1, 0.15) is 5.56 Å². The molecule has 0 amide bonds. The van der Waals surface area contributed by atoms with Gasteiger partial charge in [0.05, 0.1) is 24.7 Å². The summed E-state index contributed by atoms with van der Waals surface area (Å²) in [7, 11) is 1.68. The van der Waals surface area contributed by atoms with E-state index in [0.717, 1.165) is 36.8 Å². The van der Waals surface area contributed by atoms with E-state index in [1.165, 1.54) is 5.56 Å². The summed E-state index contributed by atoms with van der Waals surface area (Å²) in [6.07, 6.45) is 1.79. The van der Waals surface area contributed by atoms with E-state index in [-0.39, 0.29) is 0 Å². The largest absolute Gasteiger partial charge is 0.497 e. The molecule has 1 aromatic carbocycles. The molecule has 20 heavy (non-hydrogen) atoms. The molecule has 0 unspecified atom stereocenters. The second kappa shape index (κ2) is 5.59. The van der Waals surface area contributed by atoms with E-state index >= 15 is 0 Å². The molecule has 0 aliphatic carbocycles. The number of nitrogens with zero attached hydrogens (tertiary/aromatic N) is 2. The van der Waals surface area contributed by atoms with Gasteiger partial charge in [-0.2, -0.15) is 0 Å². The minimum Gasteiger partial charge on any atom is -0.497 e. The molecule has 1 N–H and O–H groups in total. The Hall–Kier alpha value is -1.94. The molecule has 5 heteroatoms. The first-order chi connectivity index (χ1) is 9.76. The lowest BCUT2D eigenvalue weighted by atomic mass is 10.1. The Kier molecular flexibility index (Phi) is 3.65. The molecular weight excluding hydrogens is 274 g/mol. The smallest absolute Gasteiger partial charge is 0.131 e. The fourth-order valence-electron chi connectivity index (χ4n) is 2.38. The van der Waals surface area contributed by atoms with Crippen LogP contribution in [0.15, 0.2) is 36.5 Å². The van der Waals surface area contributed by atoms with E-state index in [2.05, 4.69) is 27.3 Å². The van der Waals surface area contributed by atoms with Gasteiger partial charge in [-0.1, -0.05) is 23.7 Å². The summed E-state index contributed by atoms with van der Waals surface area (Å²) in [4.78, 5) is 6.42. The molecule has 0 atom stereocenters. The van der Waals surface area contributed by atoms with Crippen molar-refractivity contribution in [1.29, 1.82) is 0 Å². The van der Waals surface area contributed by atoms with Gasteiger partial charge in [0.1, 0.15) is 10.9 Å². The van der Waals surface area contributed by atoms with Crippen molar-refractivity contribution in [1.82, 2.24) is 4.98 Å². The van der Waals surface area contributed by atoms with E-state index in [4.69, 9.17) is 16.3 Å². The van der Waals surface area contributed by atoms with Crippen molar-refractivity contribution in [3.05, 3.63) is 47.2 Å². The third kappa shape index (κ3) is 2.65. The summed E-state index contributed by atoms with van der Waals surface area (Å²) in [6, 6.07) is 10.1. The van der Waals surface area contributed by atoms with Gasteiger partial charge in [-0.25, -0.2) is 4.98 Å². The number of nitrogens with one attached hydrogen (secondary N) is 1. The van der Waals surface area contributed by atoms with Crippen LogP contribution >= 0.6 is 11.6 Å². The van der Waals surface area contributed by atoms with Crippen molar-refractivity contribution in [2.45, 2.75) is 6.54 Å². The topological polar surface area (TPSA) is 37.4 Å². The summed E-state index contributed by atoms with van der Waals surface area (Å²) >= 11 is 6.00. The van der Waals surface area contributed by atoms with Crippen molar-refractivity contribution in [3.63, 3.8) is 0 Å². The number of hydrogen-bond acceptors (Lipinski definition) is 4. The van der Waals surface area contributed by atoms with E-state index in [1.807, 2.05) is 18.2 Å². The van der Waals surface area contributed by atoms with E-state index < -0.39 is 0 Å². The third-order valence-electron chi connectivity index (χ3n) is 3.42. The number of pyridine rings is 1. The summed E-state index contributed by atoms with van der Waals surface area (Å²) in [6.45, 7) is 2.70. The van der Waals surface area contributed by atoms with Crippen LogP contribution in [-0.2, 0) is 6.54 Å². The van der Waals surface area contributed by atoms with Crippen LogP contribution in [0, 0.1) is 0 Å². The third-order valence-corrected chi connectivity index (χ3v) is 3.63. The molecule has 0 saturated carbocycles. The van der Waals surface area contributed by atoms with Gasteiger partial charge in [-0.3, -0.25) is 0 Å². The zero-order chi connectivity index (χ0) is 13.9. The lowest BCUT2D eigenvalue weighted by Crippen LogP contribution is -2.33. The van der Waals surface area contributed by atoms with E-state index in [0.29, 0.717) is 5.15 Å². The van der Waals surface area contributed by atoms with E-state index in [1.54, 1.807) is 13.3 Å². The fraction of sp³-hybridized carbons (Fsp3) is 0.267. The van der Waals surface area contributed by atoms with Crippen LogP contribution in [0.5, 0.6) is 5.75 Å². The average Bonchev–Trinajstić information content (AvgIpc) is 2.49. The highest BCUT2D eigenvalue weighted by molar-refractivity contribution is 6.29. The fourth-order valence-corrected chi connectivity index (χ4v) is 2.53. The molecule has 0 bridgehead atoms. The van der Waals surface area contributed by atoms with Gasteiger partial charge in [-0.05, 0) is 17.7 Å². The van der Waals surface area contributed by atoms with Gasteiger partial charge in [-0.15, -0.1) is 0 Å². The second-order valence-electron chi connectivity index (χ2n) is 4.72. The Morgan fingerprint density at radius 1 is 1.35 bits per heavy atom. The van der Waals surface area contributed by atoms with Crippen molar-refractivity contribution < 1.29 is 4.74 Å². The Labute approximate surface area is 123 Å². The summed E-state index contributed by atoms with van der Waals surface area (Å²) < 4.78 is 5.18. The first-order valence-corrected chi connectivity index (χ1v) is 6.91. The average molecular weight is 290 g/mol. The van der Waals surface area contributed by atoms with Crippen LogP contribution in [0.2, 0.25) is 5.15 Å². The summed E-state index contributed by atoms with van der Waals surface area (Å²) in [5, 5.41) is 3.86. The number of halogens is 1. The van der Waals surface area contributed by atoms with Crippen LogP contribution in [0.4, 0.5) is 11.4 Å². The van der Waals surface area contributed by atoms with Gasteiger partial charge in [0, 0.05) is 25.7 Å². The van der Waals surface area contributed by atoms with Crippen LogP contribution < -0.4 is 15.0 Å². The highest BCUT2D eigenvalue weighted by Gasteiger charge is 2.17. The van der Waals surface area contributed by atoms with Crippen molar-refractivity contribution >= 4 is 23.0 Å². The maximum absolute atomic E-state index is 6.00. The number of anilines is 2. The number of aromatic nitrogens is 1. The van der Waals surface area contributed by atoms with Crippen molar-refractivity contribution in [2.75, 3.05) is 30.4 Å². The molecule has 2 aromatic rings. The SMILES string of the molecule is COc1ccc(CN2CCNc3cnc(Cl)cc32)cc1. The molecule has 1 aliphatic rings. The molecule has 0 fully saturated rings. The molecule has 104 valence electrons. The van der Waals surface area contributed by atoms with Gasteiger partial charge >= 0.3 is 0 Å². The van der Waals surface area contributed by atoms with Crippen molar-refractivity contribution in [2.24, 2.45) is 0 Å². The summed E-state index contributed by atoms with van der Waals surface area (Å²) in [5.74, 6) is 0.877. The van der Waals surface area contributed by atoms with Crippen LogP contribution in [0.25, 0.3) is 0 Å². The van der Waals surface area contributed by atoms with Crippen molar-refractivity contribution in [3.8, 4) is 5.75 Å². The minimum atomic E-state index is 0.521. The number of methoxy groups -OCH3 is 1. The number of ether oxygens (including phenoxy) is 1. The van der Waals surface area contributed by atoms with E-state index in [9.17, 15) is 0 Å². The highest BCUT2D eigenvalue weighted by Crippen LogP contribution is 2.31. The molecule has 0 spiro atoms. The zero-order valence-electron chi connectivity index (χ0n) is 11.3. The number of rotatable bonds is 3. The number of fused-ring (bicyclic) bond motifs is 1. The Morgan fingerprint density at radius 3 is 2.90 bits per heavy atom. The molecule has 4 nitrogen and oxygen atoms in total. The molecule has 0 saturated heterocycles. The van der Waals surface area contributed by atoms with Gasteiger partial charge in [0.2, 0.25) is 0 Å². The summed E-state index contributed by atoms with van der Waals surface area (Å²) in [5.41, 5.74) is 3.38. The van der Waals surface area contributed by atoms with Crippen LogP contribution in [-0.4, -0.2) is 25.2 Å². The van der Waals surface area contributed by atoms with Gasteiger partial charge < -0.3 is 15.0 Å². The van der Waals surface area contributed by atoms with Crippen LogP contribution in [0.3, 0.4) is 0 Å². The molecule has 0 radical (unpaired) electrons. The lowest BCUT2D eigenvalue weighted by molar-refractivity contribution is 0.414. The lowest BCUT2D eigenvalue weighted by Gasteiger charge is -2.32. The van der Waals surface area contributed by atoms with Gasteiger partial charge in [0.25, 0.3) is 0 Å². The highest BCUT2D eigenvalue weighted by atomic mass is 35.5. The molecule has 1 aromatic heterocycles. The standard InChI is InChI=1S/C15H16ClN3O/c1-20-12-4-2-11(3-5-12)10-19-7-6-17-13-9-18-15(16)8-14(13)19/h2-5,8-9,17H,6-7,10H2,1H3. The molecule has 1 aliphatic heterocycles. The maximum atomic E-state index is 6.00. The predicted molar refractivity (Wildman–Crippen MR) is 81.8 cm³/mol. The van der Waals surface area contributed by atoms with Gasteiger partial charge in [0.15, 0.2) is 0 Å². The normalized spacial score (nSPS) is 13.6. The minimum absolute atomic E-state index is 0.521. The first-order valence-electron chi connectivity index (χ1n) is 6.53. The quantitative estimate of drug-likeness (QED) is 0.881. The molecule has 2 heterocycles. The Bertz CT molecular complexity index is 601. The number of benzene rings is 1. The Morgan fingerprint density at radius 2 is 2.15 bits per heavy atom. The number of hydrogen-bond donors (Lipinski definition) is 1. The Balaban J connectivity index is 1.83. The zero-order valence-corrected chi connectivity index (χ0v) is 12.0. The maximum Gasteiger partial charge on any atom is 0.131 e. The predicted octanol–water partition coefficient (Wildman–Crippen LogP) is 3.18. The molecule has 3 rings (SSSR count). The first kappa shape index (κ1) is 13.1. The molecular formula is C15H16ClN3O. The monoisotopic (exact) mass is 289 g/mol. The second-order valence-corrected chi connectivity index (χ2v) is 5.11.